The number of anilines is 1. The van der Waals surface area contributed by atoms with Crippen molar-refractivity contribution in [3.8, 4) is 11.5 Å². The molecule has 0 aliphatic carbocycles. The van der Waals surface area contributed by atoms with Gasteiger partial charge in [-0.25, -0.2) is 8.42 Å². The molecule has 3 rings (SSSR count). The Kier molecular flexibility index (Phi) is 9.01. The molecule has 1 N–H and O–H groups in total. The third kappa shape index (κ3) is 6.66. The molecule has 0 aromatic heterocycles. The predicted octanol–water partition coefficient (Wildman–Crippen LogP) is 3.28. The average molecular weight is 568 g/mol. The summed E-state index contributed by atoms with van der Waals surface area (Å²) in [4.78, 5) is 27.8. The van der Waals surface area contributed by atoms with Crippen molar-refractivity contribution in [3.05, 3.63) is 52.5 Å². The third-order valence-electron chi connectivity index (χ3n) is 5.58. The number of amides is 2. The van der Waals surface area contributed by atoms with Gasteiger partial charge in [0.25, 0.3) is 0 Å². The zero-order chi connectivity index (χ0) is 25.6. The van der Waals surface area contributed by atoms with Crippen LogP contribution in [0.4, 0.5) is 5.69 Å². The Labute approximate surface area is 214 Å². The van der Waals surface area contributed by atoms with Crippen molar-refractivity contribution >= 4 is 43.5 Å². The molecule has 35 heavy (non-hydrogen) atoms. The number of hydrogen-bond acceptors (Lipinski definition) is 6. The highest BCUT2D eigenvalue weighted by Crippen LogP contribution is 2.36. The highest BCUT2D eigenvalue weighted by molar-refractivity contribution is 9.10. The van der Waals surface area contributed by atoms with Crippen molar-refractivity contribution in [1.82, 2.24) is 10.2 Å². The lowest BCUT2D eigenvalue weighted by Gasteiger charge is -2.32. The van der Waals surface area contributed by atoms with Crippen LogP contribution in [0, 0.1) is 0 Å². The normalized spacial score (nSPS) is 13.3. The van der Waals surface area contributed by atoms with E-state index in [0.29, 0.717) is 18.0 Å². The fourth-order valence-corrected chi connectivity index (χ4v) is 5.07. The van der Waals surface area contributed by atoms with Gasteiger partial charge in [0.2, 0.25) is 28.6 Å². The summed E-state index contributed by atoms with van der Waals surface area (Å²) in [5.41, 5.74) is 1.09. The van der Waals surface area contributed by atoms with E-state index in [1.807, 2.05) is 31.2 Å². The molecule has 1 heterocycles. The monoisotopic (exact) mass is 567 g/mol. The number of carbonyl (C=O) groups is 2. The second-order valence-corrected chi connectivity index (χ2v) is 11.2. The summed E-state index contributed by atoms with van der Waals surface area (Å²) < 4.78 is 38.6. The molecule has 2 amide bonds. The van der Waals surface area contributed by atoms with E-state index in [0.717, 1.165) is 20.8 Å². The summed E-state index contributed by atoms with van der Waals surface area (Å²) in [6.07, 6.45) is 0.755. The largest absolute Gasteiger partial charge is 0.454 e. The van der Waals surface area contributed by atoms with Crippen molar-refractivity contribution in [3.63, 3.8) is 0 Å². The van der Waals surface area contributed by atoms with Gasteiger partial charge in [0.05, 0.1) is 11.4 Å². The number of sulfonamides is 1. The van der Waals surface area contributed by atoms with Crippen molar-refractivity contribution in [2.24, 2.45) is 0 Å². The second-order valence-electron chi connectivity index (χ2n) is 8.06. The van der Waals surface area contributed by atoms with Gasteiger partial charge in [-0.1, -0.05) is 35.0 Å². The van der Waals surface area contributed by atoms with E-state index in [2.05, 4.69) is 21.2 Å². The molecule has 0 unspecified atom stereocenters. The van der Waals surface area contributed by atoms with Gasteiger partial charge in [-0.3, -0.25) is 13.9 Å². The van der Waals surface area contributed by atoms with Crippen LogP contribution in [0.3, 0.4) is 0 Å². The molecule has 0 radical (unpaired) electrons. The van der Waals surface area contributed by atoms with Crippen molar-refractivity contribution < 1.29 is 27.5 Å². The maximum absolute atomic E-state index is 13.6. The van der Waals surface area contributed by atoms with Crippen molar-refractivity contribution in [2.45, 2.75) is 39.8 Å². The van der Waals surface area contributed by atoms with Gasteiger partial charge in [-0.15, -0.1) is 0 Å². The minimum Gasteiger partial charge on any atom is -0.454 e. The van der Waals surface area contributed by atoms with Gasteiger partial charge in [-0.2, -0.15) is 0 Å². The predicted molar refractivity (Wildman–Crippen MR) is 137 cm³/mol. The van der Waals surface area contributed by atoms with Crippen LogP contribution in [0.2, 0.25) is 0 Å². The van der Waals surface area contributed by atoms with Gasteiger partial charge in [0.15, 0.2) is 11.5 Å². The van der Waals surface area contributed by atoms with Crippen LogP contribution in [0.25, 0.3) is 0 Å². The molecule has 0 fully saturated rings. The Bertz CT molecular complexity index is 1170. The second kappa shape index (κ2) is 11.8. The Hall–Kier alpha value is -2.79. The lowest BCUT2D eigenvalue weighted by Crippen LogP contribution is -2.51. The van der Waals surface area contributed by atoms with E-state index in [1.165, 1.54) is 11.8 Å². The highest BCUT2D eigenvalue weighted by atomic mass is 79.9. The van der Waals surface area contributed by atoms with E-state index < -0.39 is 28.5 Å². The molecular formula is C24H30BrN3O6S. The number of benzene rings is 2. The minimum atomic E-state index is -3.82. The van der Waals surface area contributed by atoms with Gasteiger partial charge in [-0.05, 0) is 50.1 Å². The van der Waals surface area contributed by atoms with E-state index >= 15 is 0 Å². The lowest BCUT2D eigenvalue weighted by molar-refractivity contribution is -0.139. The third-order valence-corrected chi connectivity index (χ3v) is 7.82. The number of carbonyl (C=O) groups excluding carboxylic acids is 2. The number of nitrogens with one attached hydrogen (secondary N) is 1. The minimum absolute atomic E-state index is 0.0447. The number of hydrogen-bond donors (Lipinski definition) is 1. The number of halogens is 1. The fourth-order valence-electron chi connectivity index (χ4n) is 3.57. The van der Waals surface area contributed by atoms with E-state index in [-0.39, 0.29) is 30.7 Å². The number of fused-ring (bicyclic) bond motifs is 1. The maximum atomic E-state index is 13.6. The van der Waals surface area contributed by atoms with Crippen LogP contribution in [0.5, 0.6) is 11.5 Å². The summed E-state index contributed by atoms with van der Waals surface area (Å²) >= 11 is 3.43. The first-order valence-electron chi connectivity index (χ1n) is 11.4. The molecule has 9 nitrogen and oxygen atoms in total. The van der Waals surface area contributed by atoms with Gasteiger partial charge >= 0.3 is 0 Å². The number of rotatable bonds is 11. The van der Waals surface area contributed by atoms with Crippen LogP contribution < -0.4 is 19.1 Å². The zero-order valence-corrected chi connectivity index (χ0v) is 22.4. The Morgan fingerprint density at radius 3 is 2.54 bits per heavy atom. The number of nitrogens with zero attached hydrogens (tertiary/aromatic N) is 2. The van der Waals surface area contributed by atoms with Crippen molar-refractivity contribution in [1.29, 1.82) is 0 Å². The summed E-state index contributed by atoms with van der Waals surface area (Å²) in [5.74, 6) is -0.0923. The number of ether oxygens (including phenoxy) is 2. The Morgan fingerprint density at radius 2 is 1.86 bits per heavy atom. The Balaban J connectivity index is 1.93. The van der Waals surface area contributed by atoms with Gasteiger partial charge < -0.3 is 19.7 Å². The highest BCUT2D eigenvalue weighted by Gasteiger charge is 2.31. The quantitative estimate of drug-likeness (QED) is 0.446. The fraction of sp³-hybridized carbons (Fsp3) is 0.417. The lowest BCUT2D eigenvalue weighted by atomic mass is 10.1. The molecule has 0 spiro atoms. The standard InChI is InChI=1S/C24H30BrN3O6S/c1-4-11-26-24(30)17(3)27(14-18-7-6-8-19(25)12-18)23(29)15-28(35(31,32)5-2)20-9-10-21-22(13-20)34-16-33-21/h6-10,12-13,17H,4-5,11,14-16H2,1-3H3,(H,26,30)/t17-/m1/s1. The first-order valence-corrected chi connectivity index (χ1v) is 13.8. The summed E-state index contributed by atoms with van der Waals surface area (Å²) in [6, 6.07) is 11.3. The molecule has 0 bridgehead atoms. The first-order chi connectivity index (χ1) is 16.7. The van der Waals surface area contributed by atoms with E-state index in [4.69, 9.17) is 9.47 Å². The van der Waals surface area contributed by atoms with Crippen LogP contribution in [-0.4, -0.2) is 56.8 Å². The topological polar surface area (TPSA) is 105 Å². The van der Waals surface area contributed by atoms with Crippen LogP contribution in [0.1, 0.15) is 32.8 Å². The van der Waals surface area contributed by atoms with Crippen LogP contribution in [0.15, 0.2) is 46.9 Å². The summed E-state index contributed by atoms with van der Waals surface area (Å²) in [5, 5.41) is 2.81. The molecule has 1 aliphatic rings. The molecule has 0 saturated carbocycles. The van der Waals surface area contributed by atoms with Gasteiger partial charge in [0.1, 0.15) is 12.6 Å². The summed E-state index contributed by atoms with van der Waals surface area (Å²) in [6.45, 7) is 5.29. The molecule has 2 aromatic carbocycles. The van der Waals surface area contributed by atoms with Crippen LogP contribution >= 0.6 is 15.9 Å². The zero-order valence-electron chi connectivity index (χ0n) is 20.0. The molecule has 1 aliphatic heterocycles. The molecule has 1 atom stereocenters. The molecule has 190 valence electrons. The maximum Gasteiger partial charge on any atom is 0.244 e. The average Bonchev–Trinajstić information content (AvgIpc) is 3.31. The Morgan fingerprint density at radius 1 is 1.11 bits per heavy atom. The van der Waals surface area contributed by atoms with E-state index in [9.17, 15) is 18.0 Å². The van der Waals surface area contributed by atoms with Crippen LogP contribution in [-0.2, 0) is 26.2 Å². The molecule has 2 aromatic rings. The van der Waals surface area contributed by atoms with Gasteiger partial charge in [0, 0.05) is 23.6 Å². The molecular weight excluding hydrogens is 538 g/mol. The molecule has 0 saturated heterocycles. The smallest absolute Gasteiger partial charge is 0.244 e. The summed E-state index contributed by atoms with van der Waals surface area (Å²) in [7, 11) is -3.82. The SMILES string of the molecule is CCCNC(=O)[C@@H](C)N(Cc1cccc(Br)c1)C(=O)CN(c1ccc2c(c1)OCO2)S(=O)(=O)CC. The van der Waals surface area contributed by atoms with E-state index in [1.54, 1.807) is 25.1 Å². The molecule has 11 heteroatoms. The van der Waals surface area contributed by atoms with Crippen molar-refractivity contribution in [2.75, 3.05) is 29.9 Å². The first kappa shape index (κ1) is 26.8.